The first-order chi connectivity index (χ1) is 9.02. The van der Waals surface area contributed by atoms with Gasteiger partial charge in [0.2, 0.25) is 0 Å². The van der Waals surface area contributed by atoms with Gasteiger partial charge in [0.1, 0.15) is 11.6 Å². The molecule has 0 amide bonds. The molecule has 2 heterocycles. The van der Waals surface area contributed by atoms with Crippen LogP contribution in [0.1, 0.15) is 36.1 Å². The molecule has 2 rings (SSSR count). The fourth-order valence-corrected chi connectivity index (χ4v) is 2.08. The Morgan fingerprint density at radius 3 is 2.47 bits per heavy atom. The van der Waals surface area contributed by atoms with Crippen LogP contribution in [0.5, 0.6) is 0 Å². The normalized spacial score (nSPS) is 10.8. The van der Waals surface area contributed by atoms with E-state index in [9.17, 15) is 0 Å². The lowest BCUT2D eigenvalue weighted by atomic mass is 10.3. The standard InChI is InChI=1S/C14H21N5/c1-6-7-15-13-11(4)14(17-12(5)16-13)19-10(3)8-9(2)18-19/h8H,6-7H2,1-5H3,(H,15,16,17). The van der Waals surface area contributed by atoms with E-state index in [4.69, 9.17) is 0 Å². The second kappa shape index (κ2) is 5.38. The molecule has 0 aliphatic rings. The van der Waals surface area contributed by atoms with Gasteiger partial charge in [0.15, 0.2) is 5.82 Å². The van der Waals surface area contributed by atoms with E-state index in [1.807, 2.05) is 32.4 Å². The van der Waals surface area contributed by atoms with Gasteiger partial charge in [0, 0.05) is 17.8 Å². The van der Waals surface area contributed by atoms with Crippen molar-refractivity contribution in [1.29, 1.82) is 0 Å². The highest BCUT2D eigenvalue weighted by Gasteiger charge is 2.13. The molecule has 0 unspecified atom stereocenters. The molecule has 0 aliphatic carbocycles. The summed E-state index contributed by atoms with van der Waals surface area (Å²) in [4.78, 5) is 9.00. The zero-order valence-corrected chi connectivity index (χ0v) is 12.3. The first-order valence-electron chi connectivity index (χ1n) is 6.65. The van der Waals surface area contributed by atoms with Gasteiger partial charge in [-0.05, 0) is 40.2 Å². The van der Waals surface area contributed by atoms with Crippen molar-refractivity contribution in [2.24, 2.45) is 0 Å². The number of aromatic nitrogens is 4. The maximum atomic E-state index is 4.54. The predicted molar refractivity (Wildman–Crippen MR) is 76.9 cm³/mol. The molecular formula is C14H21N5. The van der Waals surface area contributed by atoms with Gasteiger partial charge in [-0.2, -0.15) is 5.10 Å². The number of hydrogen-bond acceptors (Lipinski definition) is 4. The van der Waals surface area contributed by atoms with Gasteiger partial charge < -0.3 is 5.32 Å². The van der Waals surface area contributed by atoms with Gasteiger partial charge in [0.25, 0.3) is 0 Å². The third-order valence-electron chi connectivity index (χ3n) is 2.98. The van der Waals surface area contributed by atoms with Crippen LogP contribution in [0.3, 0.4) is 0 Å². The van der Waals surface area contributed by atoms with E-state index in [0.717, 1.165) is 47.4 Å². The van der Waals surface area contributed by atoms with E-state index in [2.05, 4.69) is 33.4 Å². The van der Waals surface area contributed by atoms with Crippen LogP contribution in [0.2, 0.25) is 0 Å². The van der Waals surface area contributed by atoms with Crippen molar-refractivity contribution in [2.75, 3.05) is 11.9 Å². The van der Waals surface area contributed by atoms with E-state index < -0.39 is 0 Å². The summed E-state index contributed by atoms with van der Waals surface area (Å²) in [5.41, 5.74) is 3.11. The quantitative estimate of drug-likeness (QED) is 0.917. The average Bonchev–Trinajstić information content (AvgIpc) is 2.69. The number of hydrogen-bond donors (Lipinski definition) is 1. The van der Waals surface area contributed by atoms with Crippen LogP contribution in [-0.2, 0) is 0 Å². The van der Waals surface area contributed by atoms with Crippen LogP contribution < -0.4 is 5.32 Å². The Bertz CT molecular complexity index is 586. The minimum atomic E-state index is 0.756. The Morgan fingerprint density at radius 2 is 1.89 bits per heavy atom. The highest BCUT2D eigenvalue weighted by molar-refractivity contribution is 5.51. The van der Waals surface area contributed by atoms with Crippen molar-refractivity contribution in [2.45, 2.75) is 41.0 Å². The van der Waals surface area contributed by atoms with Crippen LogP contribution in [0, 0.1) is 27.7 Å². The molecule has 0 saturated heterocycles. The van der Waals surface area contributed by atoms with Gasteiger partial charge in [-0.1, -0.05) is 6.92 Å². The van der Waals surface area contributed by atoms with Crippen LogP contribution >= 0.6 is 0 Å². The summed E-state index contributed by atoms with van der Waals surface area (Å²) in [6, 6.07) is 2.05. The smallest absolute Gasteiger partial charge is 0.162 e. The van der Waals surface area contributed by atoms with Crippen molar-refractivity contribution in [3.8, 4) is 5.82 Å². The molecule has 102 valence electrons. The van der Waals surface area contributed by atoms with Crippen LogP contribution in [0.25, 0.3) is 5.82 Å². The Labute approximate surface area is 114 Å². The van der Waals surface area contributed by atoms with Crippen LogP contribution in [0.15, 0.2) is 6.07 Å². The molecule has 5 heteroatoms. The second-order valence-electron chi connectivity index (χ2n) is 4.83. The van der Waals surface area contributed by atoms with Crippen LogP contribution in [0.4, 0.5) is 5.82 Å². The topological polar surface area (TPSA) is 55.6 Å². The van der Waals surface area contributed by atoms with E-state index in [0.29, 0.717) is 0 Å². The Morgan fingerprint density at radius 1 is 1.16 bits per heavy atom. The van der Waals surface area contributed by atoms with Gasteiger partial charge >= 0.3 is 0 Å². The lowest BCUT2D eigenvalue weighted by Gasteiger charge is -2.13. The molecule has 5 nitrogen and oxygen atoms in total. The maximum absolute atomic E-state index is 4.54. The van der Waals surface area contributed by atoms with E-state index in [1.54, 1.807) is 0 Å². The predicted octanol–water partition coefficient (Wildman–Crippen LogP) is 2.72. The molecule has 2 aromatic heterocycles. The largest absolute Gasteiger partial charge is 0.370 e. The summed E-state index contributed by atoms with van der Waals surface area (Å²) in [6.07, 6.45) is 1.07. The van der Waals surface area contributed by atoms with Crippen molar-refractivity contribution in [3.05, 3.63) is 28.8 Å². The molecule has 0 atom stereocenters. The fourth-order valence-electron chi connectivity index (χ4n) is 2.08. The third kappa shape index (κ3) is 2.75. The molecule has 1 N–H and O–H groups in total. The van der Waals surface area contributed by atoms with Gasteiger partial charge in [-0.3, -0.25) is 0 Å². The number of nitrogens with zero attached hydrogens (tertiary/aromatic N) is 4. The summed E-state index contributed by atoms with van der Waals surface area (Å²) in [5.74, 6) is 2.51. The number of rotatable bonds is 4. The Hall–Kier alpha value is -1.91. The molecule has 2 aromatic rings. The lowest BCUT2D eigenvalue weighted by molar-refractivity contribution is 0.783. The first kappa shape index (κ1) is 13.5. The van der Waals surface area contributed by atoms with Gasteiger partial charge in [-0.25, -0.2) is 14.6 Å². The summed E-state index contributed by atoms with van der Waals surface area (Å²) < 4.78 is 1.89. The van der Waals surface area contributed by atoms with Gasteiger partial charge in [0.05, 0.1) is 5.69 Å². The molecule has 0 aromatic carbocycles. The lowest BCUT2D eigenvalue weighted by Crippen LogP contribution is -2.12. The SMILES string of the molecule is CCCNc1nc(C)nc(-n2nc(C)cc2C)c1C. The monoisotopic (exact) mass is 259 g/mol. The summed E-state index contributed by atoms with van der Waals surface area (Å²) in [6.45, 7) is 11.0. The molecule has 0 aliphatic heterocycles. The summed E-state index contributed by atoms with van der Waals surface area (Å²) in [5, 5.41) is 7.85. The molecule has 0 spiro atoms. The third-order valence-corrected chi connectivity index (χ3v) is 2.98. The van der Waals surface area contributed by atoms with Crippen LogP contribution in [-0.4, -0.2) is 26.3 Å². The maximum Gasteiger partial charge on any atom is 0.162 e. The molecular weight excluding hydrogens is 238 g/mol. The van der Waals surface area contributed by atoms with Crippen molar-refractivity contribution in [3.63, 3.8) is 0 Å². The summed E-state index contributed by atoms with van der Waals surface area (Å²) in [7, 11) is 0. The van der Waals surface area contributed by atoms with Crippen molar-refractivity contribution >= 4 is 5.82 Å². The average molecular weight is 259 g/mol. The highest BCUT2D eigenvalue weighted by atomic mass is 15.3. The molecule has 0 saturated carbocycles. The minimum absolute atomic E-state index is 0.756. The number of nitrogens with one attached hydrogen (secondary N) is 1. The Kier molecular flexibility index (Phi) is 3.83. The van der Waals surface area contributed by atoms with Crippen molar-refractivity contribution in [1.82, 2.24) is 19.7 Å². The number of aryl methyl sites for hydroxylation is 3. The molecule has 19 heavy (non-hydrogen) atoms. The molecule has 0 fully saturated rings. The fraction of sp³-hybridized carbons (Fsp3) is 0.500. The molecule has 0 radical (unpaired) electrons. The minimum Gasteiger partial charge on any atom is -0.370 e. The van der Waals surface area contributed by atoms with E-state index in [-0.39, 0.29) is 0 Å². The first-order valence-corrected chi connectivity index (χ1v) is 6.65. The van der Waals surface area contributed by atoms with Gasteiger partial charge in [-0.15, -0.1) is 0 Å². The van der Waals surface area contributed by atoms with Crippen molar-refractivity contribution < 1.29 is 0 Å². The van der Waals surface area contributed by atoms with E-state index >= 15 is 0 Å². The second-order valence-corrected chi connectivity index (χ2v) is 4.83. The summed E-state index contributed by atoms with van der Waals surface area (Å²) >= 11 is 0. The Balaban J connectivity index is 2.51. The van der Waals surface area contributed by atoms with E-state index in [1.165, 1.54) is 0 Å². The zero-order chi connectivity index (χ0) is 14.0. The molecule has 0 bridgehead atoms. The zero-order valence-electron chi connectivity index (χ0n) is 12.3. The number of anilines is 1. The highest BCUT2D eigenvalue weighted by Crippen LogP contribution is 2.20.